The molecule has 0 aromatic heterocycles. The monoisotopic (exact) mass is 634 g/mol. The molecule has 0 heterocycles. The van der Waals surface area contributed by atoms with Crippen LogP contribution >= 0.6 is 0 Å². The predicted octanol–water partition coefficient (Wildman–Crippen LogP) is 5.98. The largest absolute Gasteiger partial charge is 0.418 e. The first-order chi connectivity index (χ1) is 20.4. The zero-order valence-corrected chi connectivity index (χ0v) is 25.8. The fraction of sp³-hybridized carbons (Fsp3) is 0.552. The van der Waals surface area contributed by atoms with Crippen LogP contribution in [0.3, 0.4) is 0 Å². The van der Waals surface area contributed by atoms with Crippen LogP contribution in [0.4, 0.5) is 43.4 Å². The molecular formula is C29H40F6N6O3. The highest BCUT2D eigenvalue weighted by atomic mass is 19.4. The van der Waals surface area contributed by atoms with Gasteiger partial charge in [-0.1, -0.05) is 0 Å². The van der Waals surface area contributed by atoms with Crippen molar-refractivity contribution in [3.8, 4) is 6.07 Å². The lowest BCUT2D eigenvalue weighted by Gasteiger charge is -2.27. The summed E-state index contributed by atoms with van der Waals surface area (Å²) in [5, 5.41) is 19.5. The maximum Gasteiger partial charge on any atom is 0.418 e. The smallest absolute Gasteiger partial charge is 0.383 e. The Morgan fingerprint density at radius 3 is 1.80 bits per heavy atom. The minimum Gasteiger partial charge on any atom is -0.383 e. The van der Waals surface area contributed by atoms with Crippen molar-refractivity contribution in [2.45, 2.75) is 25.2 Å². The van der Waals surface area contributed by atoms with E-state index in [9.17, 15) is 36.5 Å². The summed E-state index contributed by atoms with van der Waals surface area (Å²) in [4.78, 5) is 17.1. The Morgan fingerprint density at radius 1 is 0.818 bits per heavy atom. The molecule has 0 bridgehead atoms. The number of hydrogen-bond acceptors (Lipinski definition) is 8. The summed E-state index contributed by atoms with van der Waals surface area (Å²) in [5.41, 5.74) is -2.41. The van der Waals surface area contributed by atoms with Gasteiger partial charge in [0, 0.05) is 57.3 Å². The van der Waals surface area contributed by atoms with E-state index in [2.05, 4.69) is 9.80 Å². The molecule has 0 aliphatic rings. The number of anilines is 2. The summed E-state index contributed by atoms with van der Waals surface area (Å²) < 4.78 is 83.1. The van der Waals surface area contributed by atoms with Gasteiger partial charge in [0.2, 0.25) is 0 Å². The minimum absolute atomic E-state index is 0.116. The zero-order chi connectivity index (χ0) is 33.7. The van der Waals surface area contributed by atoms with E-state index in [4.69, 9.17) is 10.00 Å². The average molecular weight is 635 g/mol. The summed E-state index contributed by atoms with van der Waals surface area (Å²) in [7, 11) is 10.8. The van der Waals surface area contributed by atoms with Crippen LogP contribution in [0.2, 0.25) is 0 Å². The molecule has 0 amide bonds. The normalized spacial score (nSPS) is 11.7. The number of nitro benzene ring substituents is 1. The average Bonchev–Trinajstić information content (AvgIpc) is 2.93. The quantitative estimate of drug-likeness (QED) is 0.143. The SMILES string of the molecule is CN(C)CCCN(CCCN(C)C)c1ccc(C#N)c(C(F)(F)F)c1.COCCN(C)c1ccc([N+](=O)[O-])cc1C(F)(F)F. The molecule has 0 N–H and O–H groups in total. The lowest BCUT2D eigenvalue weighted by atomic mass is 10.1. The fourth-order valence-corrected chi connectivity index (χ4v) is 4.13. The van der Waals surface area contributed by atoms with E-state index in [0.717, 1.165) is 44.1 Å². The number of methoxy groups -OCH3 is 1. The van der Waals surface area contributed by atoms with Gasteiger partial charge in [0.1, 0.15) is 0 Å². The topological polar surface area (TPSA) is 89.1 Å². The van der Waals surface area contributed by atoms with Crippen molar-refractivity contribution < 1.29 is 36.0 Å². The van der Waals surface area contributed by atoms with Crippen LogP contribution < -0.4 is 9.80 Å². The highest BCUT2D eigenvalue weighted by Gasteiger charge is 2.36. The third-order valence-electron chi connectivity index (χ3n) is 6.40. The van der Waals surface area contributed by atoms with Crippen LogP contribution in [0.15, 0.2) is 36.4 Å². The van der Waals surface area contributed by atoms with Crippen molar-refractivity contribution in [3.63, 3.8) is 0 Å². The lowest BCUT2D eigenvalue weighted by molar-refractivity contribution is -0.385. The molecule has 15 heteroatoms. The van der Waals surface area contributed by atoms with Crippen molar-refractivity contribution in [2.75, 3.05) is 91.5 Å². The number of nitrogens with zero attached hydrogens (tertiary/aromatic N) is 6. The molecule has 0 atom stereocenters. The molecule has 246 valence electrons. The molecule has 0 saturated heterocycles. The number of hydrogen-bond donors (Lipinski definition) is 0. The van der Waals surface area contributed by atoms with Gasteiger partial charge in [0.05, 0.1) is 34.3 Å². The Balaban J connectivity index is 0.000000457. The van der Waals surface area contributed by atoms with Gasteiger partial charge in [0.25, 0.3) is 5.69 Å². The van der Waals surface area contributed by atoms with Gasteiger partial charge < -0.3 is 24.3 Å². The maximum atomic E-state index is 13.2. The molecule has 9 nitrogen and oxygen atoms in total. The van der Waals surface area contributed by atoms with Crippen LogP contribution in [0.1, 0.15) is 29.5 Å². The number of likely N-dealkylation sites (N-methyl/N-ethyl adjacent to an activating group) is 1. The molecule has 0 aliphatic carbocycles. The molecule has 0 unspecified atom stereocenters. The molecule has 0 spiro atoms. The minimum atomic E-state index is -4.65. The number of benzene rings is 2. The highest BCUT2D eigenvalue weighted by molar-refractivity contribution is 5.59. The molecule has 2 aromatic rings. The van der Waals surface area contributed by atoms with Gasteiger partial charge in [-0.05, 0) is 78.4 Å². The second-order valence-electron chi connectivity index (χ2n) is 10.5. The summed E-state index contributed by atoms with van der Waals surface area (Å²) in [6, 6.07) is 8.29. The third-order valence-corrected chi connectivity index (χ3v) is 6.40. The molecule has 0 aliphatic heterocycles. The number of halogens is 6. The van der Waals surface area contributed by atoms with E-state index in [0.29, 0.717) is 24.8 Å². The van der Waals surface area contributed by atoms with Crippen LogP contribution in [-0.2, 0) is 17.1 Å². The van der Waals surface area contributed by atoms with E-state index >= 15 is 0 Å². The van der Waals surface area contributed by atoms with Gasteiger partial charge in [-0.15, -0.1) is 0 Å². The number of rotatable bonds is 14. The van der Waals surface area contributed by atoms with Gasteiger partial charge in [-0.2, -0.15) is 31.6 Å². The van der Waals surface area contributed by atoms with Crippen LogP contribution in [0, 0.1) is 21.4 Å². The fourth-order valence-electron chi connectivity index (χ4n) is 4.13. The van der Waals surface area contributed by atoms with Crippen LogP contribution in [0.25, 0.3) is 0 Å². The Morgan fingerprint density at radius 2 is 1.36 bits per heavy atom. The Bertz CT molecular complexity index is 1220. The van der Waals surface area contributed by atoms with Gasteiger partial charge in [0.15, 0.2) is 0 Å². The molecular weight excluding hydrogens is 594 g/mol. The summed E-state index contributed by atoms with van der Waals surface area (Å²) in [5.74, 6) is 0. The van der Waals surface area contributed by atoms with E-state index in [-0.39, 0.29) is 24.4 Å². The molecule has 0 fully saturated rings. The first-order valence-electron chi connectivity index (χ1n) is 13.6. The third kappa shape index (κ3) is 12.9. The second-order valence-corrected chi connectivity index (χ2v) is 10.5. The Hall–Kier alpha value is -3.61. The van der Waals surface area contributed by atoms with Crippen LogP contribution in [0.5, 0.6) is 0 Å². The number of ether oxygens (including phenoxy) is 1. The first-order valence-corrected chi connectivity index (χ1v) is 13.6. The molecule has 0 radical (unpaired) electrons. The van der Waals surface area contributed by atoms with E-state index in [1.807, 2.05) is 33.1 Å². The van der Waals surface area contributed by atoms with Crippen LogP contribution in [-0.4, -0.2) is 96.4 Å². The number of nitriles is 1. The number of nitro groups is 1. The second kappa shape index (κ2) is 17.6. The van der Waals surface area contributed by atoms with E-state index in [1.54, 1.807) is 12.1 Å². The van der Waals surface area contributed by atoms with E-state index < -0.39 is 34.1 Å². The van der Waals surface area contributed by atoms with Gasteiger partial charge in [-0.3, -0.25) is 10.1 Å². The number of non-ortho nitro benzene ring substituents is 1. The molecule has 2 aromatic carbocycles. The zero-order valence-electron chi connectivity index (χ0n) is 25.8. The number of alkyl halides is 6. The molecule has 0 saturated carbocycles. The molecule has 2 rings (SSSR count). The highest BCUT2D eigenvalue weighted by Crippen LogP contribution is 2.38. The maximum absolute atomic E-state index is 13.2. The summed E-state index contributed by atoms with van der Waals surface area (Å²) in [6.07, 6.45) is -7.46. The Kier molecular flexibility index (Phi) is 15.4. The Labute approximate surface area is 254 Å². The molecule has 44 heavy (non-hydrogen) atoms. The van der Waals surface area contributed by atoms with Gasteiger partial charge >= 0.3 is 12.4 Å². The van der Waals surface area contributed by atoms with Crippen molar-refractivity contribution in [1.29, 1.82) is 5.26 Å². The lowest BCUT2D eigenvalue weighted by Crippen LogP contribution is -2.30. The first kappa shape index (κ1) is 38.4. The van der Waals surface area contributed by atoms with Crippen molar-refractivity contribution in [1.82, 2.24) is 9.80 Å². The summed E-state index contributed by atoms with van der Waals surface area (Å²) in [6.45, 7) is 3.59. The van der Waals surface area contributed by atoms with Gasteiger partial charge in [-0.25, -0.2) is 0 Å². The predicted molar refractivity (Wildman–Crippen MR) is 158 cm³/mol. The van der Waals surface area contributed by atoms with Crippen molar-refractivity contribution >= 4 is 17.1 Å². The summed E-state index contributed by atoms with van der Waals surface area (Å²) >= 11 is 0. The standard InChI is InChI=1S/C18H27F3N4.C11H13F3N2O3/c1-23(2)9-5-11-25(12-6-10-24(3)4)16-8-7-15(14-22)17(13-16)18(19,20)21;1-15(5-6-19-2)10-4-3-8(16(17)18)7-9(10)11(12,13)14/h7-8,13H,5-6,9-12H2,1-4H3;3-4,7H,5-6H2,1-2H3. The van der Waals surface area contributed by atoms with E-state index in [1.165, 1.54) is 25.1 Å². The van der Waals surface area contributed by atoms with Crippen molar-refractivity contribution in [3.05, 3.63) is 63.2 Å². The van der Waals surface area contributed by atoms with Crippen molar-refractivity contribution in [2.24, 2.45) is 0 Å².